The third-order valence-electron chi connectivity index (χ3n) is 4.47. The van der Waals surface area contributed by atoms with Crippen LogP contribution in [0.4, 0.5) is 0 Å². The molecule has 0 radical (unpaired) electrons. The van der Waals surface area contributed by atoms with Crippen LogP contribution >= 0.6 is 12.4 Å². The summed E-state index contributed by atoms with van der Waals surface area (Å²) in [4.78, 5) is 17.8. The minimum atomic E-state index is 0. The summed E-state index contributed by atoms with van der Waals surface area (Å²) in [5.74, 6) is 1.09. The van der Waals surface area contributed by atoms with Gasteiger partial charge in [-0.25, -0.2) is 9.97 Å². The van der Waals surface area contributed by atoms with Crippen molar-refractivity contribution >= 4 is 12.4 Å². The lowest BCUT2D eigenvalue weighted by molar-refractivity contribution is 0.288. The summed E-state index contributed by atoms with van der Waals surface area (Å²) in [5, 5.41) is 0. The van der Waals surface area contributed by atoms with Crippen molar-refractivity contribution in [1.82, 2.24) is 19.9 Å². The molecule has 7 heteroatoms. The first-order chi connectivity index (χ1) is 12.8. The smallest absolute Gasteiger partial charge is 0.232 e. The molecular weight excluding hydrogens is 364 g/mol. The lowest BCUT2D eigenvalue weighted by Gasteiger charge is -2.20. The summed E-state index contributed by atoms with van der Waals surface area (Å²) in [7, 11) is 1.59. The van der Waals surface area contributed by atoms with E-state index in [2.05, 4.69) is 15.0 Å². The van der Waals surface area contributed by atoms with Crippen molar-refractivity contribution in [3.63, 3.8) is 0 Å². The minimum Gasteiger partial charge on any atom is -0.480 e. The predicted molar refractivity (Wildman–Crippen MR) is 104 cm³/mol. The Morgan fingerprint density at radius 1 is 1.04 bits per heavy atom. The number of hydrogen-bond donors (Lipinski definition) is 0. The van der Waals surface area contributed by atoms with E-state index in [1.54, 1.807) is 25.7 Å². The van der Waals surface area contributed by atoms with Gasteiger partial charge in [-0.15, -0.1) is 12.4 Å². The van der Waals surface area contributed by atoms with Crippen LogP contribution in [0, 0.1) is 0 Å². The highest BCUT2D eigenvalue weighted by atomic mass is 35.5. The maximum Gasteiger partial charge on any atom is 0.232 e. The van der Waals surface area contributed by atoms with Crippen LogP contribution in [-0.4, -0.2) is 27.0 Å². The Morgan fingerprint density at radius 2 is 1.93 bits per heavy atom. The van der Waals surface area contributed by atoms with Gasteiger partial charge in [0.1, 0.15) is 6.61 Å². The zero-order chi connectivity index (χ0) is 17.8. The van der Waals surface area contributed by atoms with Crippen LogP contribution in [-0.2, 0) is 19.4 Å². The number of nitrogens with zero attached hydrogens (tertiary/aromatic N) is 4. The van der Waals surface area contributed by atoms with Crippen LogP contribution in [0.25, 0.3) is 11.3 Å². The fourth-order valence-electron chi connectivity index (χ4n) is 3.19. The summed E-state index contributed by atoms with van der Waals surface area (Å²) < 4.78 is 11.2. The molecule has 0 N–H and O–H groups in total. The second kappa shape index (κ2) is 8.77. The van der Waals surface area contributed by atoms with Crippen molar-refractivity contribution < 1.29 is 9.47 Å². The van der Waals surface area contributed by atoms with Gasteiger partial charge in [-0.3, -0.25) is 9.97 Å². The molecule has 0 saturated heterocycles. The quantitative estimate of drug-likeness (QED) is 0.666. The predicted octanol–water partition coefficient (Wildman–Crippen LogP) is 3.82. The fourth-order valence-corrected chi connectivity index (χ4v) is 3.19. The van der Waals surface area contributed by atoms with E-state index in [1.165, 1.54) is 5.56 Å². The highest BCUT2D eigenvalue weighted by Gasteiger charge is 2.19. The van der Waals surface area contributed by atoms with Gasteiger partial charge in [-0.05, 0) is 43.4 Å². The second-order valence-corrected chi connectivity index (χ2v) is 6.20. The summed E-state index contributed by atoms with van der Waals surface area (Å²) >= 11 is 0. The standard InChI is InChI=1S/C20H20N4O2.ClH/c1-25-20-12-21-11-18(24-20)16-10-19(23-17-8-3-2-7-15(16)17)26-13-14-6-4-5-9-22-14;/h4-6,9-12H,2-3,7-8,13H2,1H3;1H. The van der Waals surface area contributed by atoms with Crippen molar-refractivity contribution in [3.05, 3.63) is 59.8 Å². The summed E-state index contributed by atoms with van der Waals surface area (Å²) in [6.45, 7) is 0.385. The van der Waals surface area contributed by atoms with Crippen LogP contribution in [0.1, 0.15) is 29.8 Å². The molecule has 0 amide bonds. The van der Waals surface area contributed by atoms with Crippen LogP contribution in [0.5, 0.6) is 11.8 Å². The molecule has 0 atom stereocenters. The Bertz CT molecular complexity index is 906. The Balaban J connectivity index is 0.00000210. The topological polar surface area (TPSA) is 70.0 Å². The number of hydrogen-bond acceptors (Lipinski definition) is 6. The Labute approximate surface area is 164 Å². The lowest BCUT2D eigenvalue weighted by atomic mass is 9.91. The molecule has 0 fully saturated rings. The Morgan fingerprint density at radius 3 is 2.74 bits per heavy atom. The van der Waals surface area contributed by atoms with Crippen molar-refractivity contribution in [2.45, 2.75) is 32.3 Å². The summed E-state index contributed by atoms with van der Waals surface area (Å²) in [6, 6.07) is 7.73. The average Bonchev–Trinajstić information content (AvgIpc) is 2.72. The second-order valence-electron chi connectivity index (χ2n) is 6.20. The highest BCUT2D eigenvalue weighted by molar-refractivity contribution is 5.85. The number of fused-ring (bicyclic) bond motifs is 1. The molecule has 140 valence electrons. The van der Waals surface area contributed by atoms with Crippen LogP contribution < -0.4 is 9.47 Å². The maximum absolute atomic E-state index is 5.92. The van der Waals surface area contributed by atoms with E-state index in [9.17, 15) is 0 Å². The molecule has 0 bridgehead atoms. The van der Waals surface area contributed by atoms with E-state index >= 15 is 0 Å². The van der Waals surface area contributed by atoms with Crippen LogP contribution in [0.15, 0.2) is 42.9 Å². The van der Waals surface area contributed by atoms with Gasteiger partial charge in [-0.2, -0.15) is 0 Å². The zero-order valence-corrected chi connectivity index (χ0v) is 15.9. The Kier molecular flexibility index (Phi) is 6.19. The molecule has 1 aliphatic carbocycles. The number of aryl methyl sites for hydroxylation is 1. The fraction of sp³-hybridized carbons (Fsp3) is 0.300. The number of halogens is 1. The highest BCUT2D eigenvalue weighted by Crippen LogP contribution is 2.33. The first-order valence-corrected chi connectivity index (χ1v) is 8.75. The maximum atomic E-state index is 5.92. The molecule has 0 saturated carbocycles. The molecule has 0 spiro atoms. The van der Waals surface area contributed by atoms with Crippen molar-refractivity contribution in [2.75, 3.05) is 7.11 Å². The first-order valence-electron chi connectivity index (χ1n) is 8.75. The first kappa shape index (κ1) is 19.0. The monoisotopic (exact) mass is 384 g/mol. The number of methoxy groups -OCH3 is 1. The van der Waals surface area contributed by atoms with Crippen molar-refractivity contribution in [1.29, 1.82) is 0 Å². The minimum absolute atomic E-state index is 0. The van der Waals surface area contributed by atoms with Crippen molar-refractivity contribution in [3.8, 4) is 23.0 Å². The van der Waals surface area contributed by atoms with Crippen molar-refractivity contribution in [2.24, 2.45) is 0 Å². The van der Waals surface area contributed by atoms with Gasteiger partial charge in [0.15, 0.2) is 0 Å². The molecule has 1 aliphatic rings. The van der Waals surface area contributed by atoms with Gasteiger partial charge in [0.2, 0.25) is 11.8 Å². The molecule has 6 nitrogen and oxygen atoms in total. The van der Waals surface area contributed by atoms with Gasteiger partial charge in [-0.1, -0.05) is 6.07 Å². The van der Waals surface area contributed by atoms with E-state index in [-0.39, 0.29) is 12.4 Å². The van der Waals surface area contributed by atoms with Gasteiger partial charge in [0.25, 0.3) is 0 Å². The molecule has 0 aromatic carbocycles. The van der Waals surface area contributed by atoms with Gasteiger partial charge in [0.05, 0.1) is 30.9 Å². The Hall–Kier alpha value is -2.73. The van der Waals surface area contributed by atoms with Gasteiger partial charge >= 0.3 is 0 Å². The number of pyridine rings is 2. The molecule has 4 rings (SSSR count). The van der Waals surface area contributed by atoms with Crippen LogP contribution in [0.3, 0.4) is 0 Å². The molecule has 27 heavy (non-hydrogen) atoms. The van der Waals surface area contributed by atoms with E-state index in [0.717, 1.165) is 48.3 Å². The molecule has 3 aromatic heterocycles. The molecule has 0 aliphatic heterocycles. The lowest BCUT2D eigenvalue weighted by Crippen LogP contribution is -2.10. The van der Waals surface area contributed by atoms with E-state index in [4.69, 9.17) is 14.5 Å². The summed E-state index contributed by atoms with van der Waals surface area (Å²) in [6.07, 6.45) is 9.39. The molecular formula is C20H21ClN4O2. The number of ether oxygens (including phenoxy) is 2. The van der Waals surface area contributed by atoms with Crippen LogP contribution in [0.2, 0.25) is 0 Å². The normalized spacial score (nSPS) is 12.6. The third-order valence-corrected chi connectivity index (χ3v) is 4.47. The van der Waals surface area contributed by atoms with E-state index in [0.29, 0.717) is 18.4 Å². The SMILES string of the molecule is COc1cncc(-c2cc(OCc3ccccn3)nc3c2CCCC3)n1.Cl. The third kappa shape index (κ3) is 4.34. The van der Waals surface area contributed by atoms with Gasteiger partial charge in [0, 0.05) is 23.5 Å². The summed E-state index contributed by atoms with van der Waals surface area (Å²) in [5.41, 5.74) is 5.01. The number of aromatic nitrogens is 4. The van der Waals surface area contributed by atoms with E-state index in [1.807, 2.05) is 24.3 Å². The molecule has 3 heterocycles. The zero-order valence-electron chi connectivity index (χ0n) is 15.1. The average molecular weight is 385 g/mol. The number of rotatable bonds is 5. The largest absolute Gasteiger partial charge is 0.480 e. The van der Waals surface area contributed by atoms with E-state index < -0.39 is 0 Å². The molecule has 0 unspecified atom stereocenters. The molecule has 3 aromatic rings. The van der Waals surface area contributed by atoms with Gasteiger partial charge < -0.3 is 9.47 Å².